The summed E-state index contributed by atoms with van der Waals surface area (Å²) in [6.07, 6.45) is 0. The van der Waals surface area contributed by atoms with Gasteiger partial charge in [0.15, 0.2) is 0 Å². The summed E-state index contributed by atoms with van der Waals surface area (Å²) in [5.41, 5.74) is 7.75. The van der Waals surface area contributed by atoms with Crippen molar-refractivity contribution < 1.29 is 4.79 Å². The maximum absolute atomic E-state index is 11.9. The minimum absolute atomic E-state index is 0.0226. The van der Waals surface area contributed by atoms with Gasteiger partial charge in [-0.25, -0.2) is 0 Å². The maximum atomic E-state index is 11.9. The third-order valence-electron chi connectivity index (χ3n) is 2.87. The van der Waals surface area contributed by atoms with E-state index in [-0.39, 0.29) is 18.5 Å². The van der Waals surface area contributed by atoms with E-state index >= 15 is 0 Å². The molecule has 0 aliphatic carbocycles. The molecule has 0 saturated carbocycles. The zero-order valence-electron chi connectivity index (χ0n) is 9.60. The largest absolute Gasteiger partial charge is 0.374 e. The highest BCUT2D eigenvalue weighted by Crippen LogP contribution is 2.31. The monoisotopic (exact) mass is 230 g/mol. The van der Waals surface area contributed by atoms with Crippen LogP contribution in [0.1, 0.15) is 12.5 Å². The number of hydrogen-bond acceptors (Lipinski definition) is 4. The Hall–Kier alpha value is -2.06. The molecule has 0 radical (unpaired) electrons. The van der Waals surface area contributed by atoms with Gasteiger partial charge in [-0.05, 0) is 25.1 Å². The lowest BCUT2D eigenvalue weighted by molar-refractivity contribution is -0.117. The number of benzene rings is 1. The Balaban J connectivity index is 2.49. The molecule has 3 N–H and O–H groups in total. The number of hydrogen-bond donors (Lipinski definition) is 2. The van der Waals surface area contributed by atoms with Gasteiger partial charge in [0.1, 0.15) is 0 Å². The number of nitrogens with two attached hydrogens (primary N) is 1. The van der Waals surface area contributed by atoms with Crippen LogP contribution in [0.5, 0.6) is 0 Å². The van der Waals surface area contributed by atoms with Gasteiger partial charge < -0.3 is 16.0 Å². The SMILES string of the molecule is CC(CN)N1C(=O)CNc2ccc(C#N)cc21. The van der Waals surface area contributed by atoms with Gasteiger partial charge in [0.2, 0.25) is 5.91 Å². The van der Waals surface area contributed by atoms with Crippen molar-refractivity contribution in [2.45, 2.75) is 13.0 Å². The minimum Gasteiger partial charge on any atom is -0.374 e. The van der Waals surface area contributed by atoms with Gasteiger partial charge in [-0.3, -0.25) is 4.79 Å². The highest BCUT2D eigenvalue weighted by molar-refractivity contribution is 6.03. The van der Waals surface area contributed by atoms with Crippen LogP contribution in [0.3, 0.4) is 0 Å². The van der Waals surface area contributed by atoms with Crippen LogP contribution in [0.25, 0.3) is 0 Å². The Bertz CT molecular complexity index is 492. The van der Waals surface area contributed by atoms with Crippen molar-refractivity contribution in [2.24, 2.45) is 5.73 Å². The second kappa shape index (κ2) is 4.44. The highest BCUT2D eigenvalue weighted by atomic mass is 16.2. The summed E-state index contributed by atoms with van der Waals surface area (Å²) >= 11 is 0. The van der Waals surface area contributed by atoms with Crippen LogP contribution in [0, 0.1) is 11.3 Å². The molecule has 1 aromatic rings. The molecule has 5 nitrogen and oxygen atoms in total. The second-order valence-electron chi connectivity index (χ2n) is 4.05. The Labute approximate surface area is 99.8 Å². The van der Waals surface area contributed by atoms with Crippen molar-refractivity contribution in [3.63, 3.8) is 0 Å². The van der Waals surface area contributed by atoms with Crippen molar-refractivity contribution in [1.29, 1.82) is 5.26 Å². The summed E-state index contributed by atoms with van der Waals surface area (Å²) in [4.78, 5) is 13.5. The number of nitriles is 1. The summed E-state index contributed by atoms with van der Waals surface area (Å²) < 4.78 is 0. The molecule has 0 aromatic heterocycles. The van der Waals surface area contributed by atoms with Gasteiger partial charge in [-0.1, -0.05) is 0 Å². The Kier molecular flexibility index (Phi) is 2.98. The standard InChI is InChI=1S/C12H14N4O/c1-8(5-13)16-11-4-9(6-14)2-3-10(11)15-7-12(16)17/h2-4,8,15H,5,7,13H2,1H3. The van der Waals surface area contributed by atoms with Crippen molar-refractivity contribution in [3.8, 4) is 6.07 Å². The van der Waals surface area contributed by atoms with E-state index in [1.54, 1.807) is 17.0 Å². The van der Waals surface area contributed by atoms with Crippen LogP contribution in [0.4, 0.5) is 11.4 Å². The van der Waals surface area contributed by atoms with Gasteiger partial charge in [-0.15, -0.1) is 0 Å². The molecule has 1 aromatic carbocycles. The first-order valence-electron chi connectivity index (χ1n) is 5.47. The highest BCUT2D eigenvalue weighted by Gasteiger charge is 2.27. The van der Waals surface area contributed by atoms with Gasteiger partial charge >= 0.3 is 0 Å². The van der Waals surface area contributed by atoms with E-state index in [0.29, 0.717) is 12.1 Å². The fourth-order valence-corrected chi connectivity index (χ4v) is 1.93. The Morgan fingerprint density at radius 1 is 1.65 bits per heavy atom. The van der Waals surface area contributed by atoms with Crippen molar-refractivity contribution in [3.05, 3.63) is 23.8 Å². The fraction of sp³-hybridized carbons (Fsp3) is 0.333. The molecule has 0 fully saturated rings. The zero-order valence-corrected chi connectivity index (χ0v) is 9.60. The summed E-state index contributed by atoms with van der Waals surface area (Å²) in [6.45, 7) is 2.55. The number of carbonyl (C=O) groups is 1. The average Bonchev–Trinajstić information content (AvgIpc) is 2.37. The zero-order chi connectivity index (χ0) is 12.4. The molecule has 0 bridgehead atoms. The van der Waals surface area contributed by atoms with Gasteiger partial charge in [0.25, 0.3) is 0 Å². The van der Waals surface area contributed by atoms with Crippen LogP contribution >= 0.6 is 0 Å². The quantitative estimate of drug-likeness (QED) is 0.782. The summed E-state index contributed by atoms with van der Waals surface area (Å²) in [7, 11) is 0. The Morgan fingerprint density at radius 3 is 3.06 bits per heavy atom. The predicted octanol–water partition coefficient (Wildman–Crippen LogP) is 0.664. The van der Waals surface area contributed by atoms with Gasteiger partial charge in [0.05, 0.1) is 29.6 Å². The van der Waals surface area contributed by atoms with E-state index in [4.69, 9.17) is 11.0 Å². The van der Waals surface area contributed by atoms with Crippen LogP contribution in [0.2, 0.25) is 0 Å². The molecular formula is C12H14N4O. The van der Waals surface area contributed by atoms with E-state index in [9.17, 15) is 4.79 Å². The van der Waals surface area contributed by atoms with E-state index in [1.165, 1.54) is 0 Å². The normalized spacial score (nSPS) is 15.8. The second-order valence-corrected chi connectivity index (χ2v) is 4.05. The summed E-state index contributed by atoms with van der Waals surface area (Å²) in [5.74, 6) is -0.0226. The minimum atomic E-state index is -0.0720. The molecule has 1 aliphatic rings. The van der Waals surface area contributed by atoms with Gasteiger partial charge in [0, 0.05) is 12.6 Å². The topological polar surface area (TPSA) is 82.2 Å². The fourth-order valence-electron chi connectivity index (χ4n) is 1.93. The smallest absolute Gasteiger partial charge is 0.246 e. The molecule has 17 heavy (non-hydrogen) atoms. The van der Waals surface area contributed by atoms with Crippen molar-refractivity contribution in [1.82, 2.24) is 0 Å². The number of nitrogens with zero attached hydrogens (tertiary/aromatic N) is 2. The molecule has 1 heterocycles. The molecule has 1 amide bonds. The third kappa shape index (κ3) is 1.95. The van der Waals surface area contributed by atoms with E-state index in [1.807, 2.05) is 13.0 Å². The number of anilines is 2. The lowest BCUT2D eigenvalue weighted by Gasteiger charge is -2.34. The Morgan fingerprint density at radius 2 is 2.41 bits per heavy atom. The number of rotatable bonds is 2. The number of fused-ring (bicyclic) bond motifs is 1. The molecule has 1 unspecified atom stereocenters. The summed E-state index contributed by atoms with van der Waals surface area (Å²) in [5, 5.41) is 11.9. The summed E-state index contributed by atoms with van der Waals surface area (Å²) in [6, 6.07) is 7.26. The van der Waals surface area contributed by atoms with Gasteiger partial charge in [-0.2, -0.15) is 5.26 Å². The first-order chi connectivity index (χ1) is 8.17. The molecule has 88 valence electrons. The molecule has 0 spiro atoms. The van der Waals surface area contributed by atoms with Crippen LogP contribution in [0.15, 0.2) is 18.2 Å². The lowest BCUT2D eigenvalue weighted by Crippen LogP contribution is -2.48. The molecule has 5 heteroatoms. The molecular weight excluding hydrogens is 216 g/mol. The van der Waals surface area contributed by atoms with Crippen molar-refractivity contribution >= 4 is 17.3 Å². The third-order valence-corrected chi connectivity index (χ3v) is 2.87. The molecule has 1 aliphatic heterocycles. The number of carbonyl (C=O) groups excluding carboxylic acids is 1. The molecule has 2 rings (SSSR count). The van der Waals surface area contributed by atoms with E-state index in [2.05, 4.69) is 11.4 Å². The average molecular weight is 230 g/mol. The van der Waals surface area contributed by atoms with E-state index in [0.717, 1.165) is 11.4 Å². The first kappa shape index (κ1) is 11.4. The molecule has 0 saturated heterocycles. The molecule has 1 atom stereocenters. The number of nitrogens with one attached hydrogen (secondary N) is 1. The lowest BCUT2D eigenvalue weighted by atomic mass is 10.1. The van der Waals surface area contributed by atoms with E-state index < -0.39 is 0 Å². The first-order valence-corrected chi connectivity index (χ1v) is 5.47. The number of amides is 1. The van der Waals surface area contributed by atoms with Crippen LogP contribution < -0.4 is 16.0 Å². The predicted molar refractivity (Wildman–Crippen MR) is 65.6 cm³/mol. The van der Waals surface area contributed by atoms with Crippen LogP contribution in [-0.2, 0) is 4.79 Å². The maximum Gasteiger partial charge on any atom is 0.246 e. The van der Waals surface area contributed by atoms with Crippen LogP contribution in [-0.4, -0.2) is 25.0 Å². The van der Waals surface area contributed by atoms with Crippen molar-refractivity contribution in [2.75, 3.05) is 23.3 Å².